The van der Waals surface area contributed by atoms with Crippen molar-refractivity contribution in [2.45, 2.75) is 27.2 Å². The molecular formula is C19H20N4OS. The molecule has 128 valence electrons. The minimum atomic E-state index is -0.474. The van der Waals surface area contributed by atoms with E-state index >= 15 is 0 Å². The molecule has 0 bridgehead atoms. The van der Waals surface area contributed by atoms with Gasteiger partial charge in [0.05, 0.1) is 5.69 Å². The van der Waals surface area contributed by atoms with Crippen LogP contribution >= 0.6 is 11.3 Å². The lowest BCUT2D eigenvalue weighted by Gasteiger charge is -2.08. The number of aromatic nitrogens is 2. The molecule has 6 heteroatoms. The molecule has 5 nitrogen and oxygen atoms in total. The van der Waals surface area contributed by atoms with Gasteiger partial charge in [-0.25, -0.2) is 9.97 Å². The summed E-state index contributed by atoms with van der Waals surface area (Å²) in [5.74, 6) is 0.232. The van der Waals surface area contributed by atoms with Crippen molar-refractivity contribution in [3.63, 3.8) is 0 Å². The molecule has 3 rings (SSSR count). The molecule has 0 aliphatic rings. The first-order valence-corrected chi connectivity index (χ1v) is 8.91. The Hall–Kier alpha value is -2.73. The lowest BCUT2D eigenvalue weighted by molar-refractivity contribution is 0.100. The van der Waals surface area contributed by atoms with Gasteiger partial charge in [-0.15, -0.1) is 0 Å². The maximum Gasteiger partial charge on any atom is 0.261 e. The van der Waals surface area contributed by atoms with Crippen LogP contribution in [0.25, 0.3) is 11.3 Å². The van der Waals surface area contributed by atoms with E-state index in [1.807, 2.05) is 50.2 Å². The quantitative estimate of drug-likeness (QED) is 0.720. The third-order valence-corrected chi connectivity index (χ3v) is 4.96. The number of nitrogens with zero attached hydrogens (tertiary/aromatic N) is 2. The minimum absolute atomic E-state index is 0.451. The van der Waals surface area contributed by atoms with Crippen molar-refractivity contribution >= 4 is 28.2 Å². The van der Waals surface area contributed by atoms with Gasteiger partial charge in [-0.05, 0) is 43.5 Å². The van der Waals surface area contributed by atoms with E-state index < -0.39 is 5.91 Å². The third-order valence-electron chi connectivity index (χ3n) is 3.97. The summed E-state index contributed by atoms with van der Waals surface area (Å²) in [4.78, 5) is 21.5. The number of rotatable bonds is 5. The summed E-state index contributed by atoms with van der Waals surface area (Å²) in [5.41, 5.74) is 10.3. The summed E-state index contributed by atoms with van der Waals surface area (Å²) in [5, 5.41) is 3.80. The maximum atomic E-state index is 11.9. The van der Waals surface area contributed by atoms with Crippen molar-refractivity contribution < 1.29 is 4.79 Å². The van der Waals surface area contributed by atoms with E-state index in [9.17, 15) is 4.79 Å². The summed E-state index contributed by atoms with van der Waals surface area (Å²) < 4.78 is 0. The number of thiazole rings is 1. The summed E-state index contributed by atoms with van der Waals surface area (Å²) in [6.07, 6.45) is 0.855. The molecule has 25 heavy (non-hydrogen) atoms. The monoisotopic (exact) mass is 352 g/mol. The summed E-state index contributed by atoms with van der Waals surface area (Å²) in [6, 6.07) is 11.8. The highest BCUT2D eigenvalue weighted by Gasteiger charge is 2.20. The fourth-order valence-corrected chi connectivity index (χ4v) is 3.58. The predicted molar refractivity (Wildman–Crippen MR) is 102 cm³/mol. The van der Waals surface area contributed by atoms with Crippen LogP contribution in [0.2, 0.25) is 0 Å². The molecule has 0 aliphatic carbocycles. The normalized spacial score (nSPS) is 10.7. The molecule has 0 atom stereocenters. The maximum absolute atomic E-state index is 11.9. The average molecular weight is 352 g/mol. The van der Waals surface area contributed by atoms with Crippen LogP contribution in [0.4, 0.5) is 10.9 Å². The average Bonchev–Trinajstić information content (AvgIpc) is 2.98. The molecule has 0 fully saturated rings. The Kier molecular flexibility index (Phi) is 4.81. The van der Waals surface area contributed by atoms with Crippen LogP contribution in [0.15, 0.2) is 36.4 Å². The van der Waals surface area contributed by atoms with Gasteiger partial charge < -0.3 is 11.1 Å². The smallest absolute Gasteiger partial charge is 0.261 e. The van der Waals surface area contributed by atoms with Crippen LogP contribution in [0.5, 0.6) is 0 Å². The predicted octanol–water partition coefficient (Wildman–Crippen LogP) is 4.23. The summed E-state index contributed by atoms with van der Waals surface area (Å²) >= 11 is 1.25. The Bertz CT molecular complexity index is 913. The van der Waals surface area contributed by atoms with Gasteiger partial charge in [0.25, 0.3) is 5.91 Å². The Morgan fingerprint density at radius 1 is 1.12 bits per heavy atom. The second-order valence-electron chi connectivity index (χ2n) is 5.82. The number of nitrogens with two attached hydrogens (primary N) is 1. The van der Waals surface area contributed by atoms with Crippen LogP contribution in [0.3, 0.4) is 0 Å². The number of nitrogens with one attached hydrogen (secondary N) is 1. The number of aryl methyl sites for hydroxylation is 3. The number of benzene rings is 1. The lowest BCUT2D eigenvalue weighted by Crippen LogP contribution is -2.10. The molecule has 0 unspecified atom stereocenters. The van der Waals surface area contributed by atoms with Gasteiger partial charge in [0.15, 0.2) is 5.13 Å². The number of hydrogen-bond donors (Lipinski definition) is 2. The van der Waals surface area contributed by atoms with Crippen molar-refractivity contribution in [1.29, 1.82) is 0 Å². The van der Waals surface area contributed by atoms with E-state index in [0.29, 0.717) is 21.5 Å². The zero-order valence-corrected chi connectivity index (χ0v) is 15.3. The SMILES string of the molecule is CCc1cccc(Nc2nc(-c3c(C)cccc3C)c(C(N)=O)s2)n1. The van der Waals surface area contributed by atoms with E-state index in [4.69, 9.17) is 5.73 Å². The zero-order valence-electron chi connectivity index (χ0n) is 14.5. The van der Waals surface area contributed by atoms with E-state index in [1.54, 1.807) is 0 Å². The van der Waals surface area contributed by atoms with E-state index in [-0.39, 0.29) is 0 Å². The second-order valence-corrected chi connectivity index (χ2v) is 6.82. The molecule has 3 N–H and O–H groups in total. The fraction of sp³-hybridized carbons (Fsp3) is 0.211. The van der Waals surface area contributed by atoms with Crippen LogP contribution in [0, 0.1) is 13.8 Å². The van der Waals surface area contributed by atoms with Gasteiger partial charge in [-0.1, -0.05) is 42.5 Å². The van der Waals surface area contributed by atoms with Gasteiger partial charge in [0.1, 0.15) is 10.7 Å². The van der Waals surface area contributed by atoms with Crippen LogP contribution < -0.4 is 11.1 Å². The van der Waals surface area contributed by atoms with Crippen LogP contribution in [-0.4, -0.2) is 15.9 Å². The van der Waals surface area contributed by atoms with E-state index in [0.717, 1.165) is 28.8 Å². The lowest BCUT2D eigenvalue weighted by atomic mass is 9.99. The molecule has 2 aromatic heterocycles. The van der Waals surface area contributed by atoms with Crippen molar-refractivity contribution in [3.05, 3.63) is 58.1 Å². The number of primary amides is 1. The Labute approximate surface area is 151 Å². The van der Waals surface area contributed by atoms with Crippen LogP contribution in [0.1, 0.15) is 33.4 Å². The third kappa shape index (κ3) is 3.53. The number of pyridine rings is 1. The van der Waals surface area contributed by atoms with Crippen molar-refractivity contribution in [3.8, 4) is 11.3 Å². The van der Waals surface area contributed by atoms with E-state index in [1.165, 1.54) is 11.3 Å². The highest BCUT2D eigenvalue weighted by atomic mass is 32.1. The van der Waals surface area contributed by atoms with Gasteiger partial charge in [-0.2, -0.15) is 0 Å². The molecule has 1 amide bonds. The van der Waals surface area contributed by atoms with Crippen LogP contribution in [-0.2, 0) is 6.42 Å². The van der Waals surface area contributed by atoms with Gasteiger partial charge in [0, 0.05) is 11.3 Å². The molecule has 2 heterocycles. The minimum Gasteiger partial charge on any atom is -0.365 e. The molecule has 0 radical (unpaired) electrons. The fourth-order valence-electron chi connectivity index (χ4n) is 2.75. The number of carbonyl (C=O) groups excluding carboxylic acids is 1. The summed E-state index contributed by atoms with van der Waals surface area (Å²) in [6.45, 7) is 6.07. The molecule has 0 saturated heterocycles. The molecule has 0 saturated carbocycles. The first kappa shape index (κ1) is 17.1. The summed E-state index contributed by atoms with van der Waals surface area (Å²) in [7, 11) is 0. The van der Waals surface area contributed by atoms with E-state index in [2.05, 4.69) is 22.2 Å². The number of anilines is 2. The Morgan fingerprint density at radius 3 is 2.44 bits per heavy atom. The first-order chi connectivity index (χ1) is 12.0. The van der Waals surface area contributed by atoms with Crippen molar-refractivity contribution in [2.75, 3.05) is 5.32 Å². The first-order valence-electron chi connectivity index (χ1n) is 8.09. The van der Waals surface area contributed by atoms with Gasteiger partial charge in [0.2, 0.25) is 0 Å². The molecule has 1 aromatic carbocycles. The number of hydrogen-bond acceptors (Lipinski definition) is 5. The van der Waals surface area contributed by atoms with Crippen molar-refractivity contribution in [2.24, 2.45) is 5.73 Å². The van der Waals surface area contributed by atoms with Gasteiger partial charge in [-0.3, -0.25) is 4.79 Å². The molecular weight excluding hydrogens is 332 g/mol. The molecule has 3 aromatic rings. The standard InChI is InChI=1S/C19H20N4OS/c1-4-13-9-6-10-14(21-13)22-19-23-16(17(25-19)18(20)24)15-11(2)7-5-8-12(15)3/h5-10H,4H2,1-3H3,(H2,20,24)(H,21,22,23). The molecule has 0 spiro atoms. The van der Waals surface area contributed by atoms with Gasteiger partial charge >= 0.3 is 0 Å². The zero-order chi connectivity index (χ0) is 18.0. The topological polar surface area (TPSA) is 80.9 Å². The molecule has 0 aliphatic heterocycles. The Morgan fingerprint density at radius 2 is 1.80 bits per heavy atom. The second kappa shape index (κ2) is 7.03. The largest absolute Gasteiger partial charge is 0.365 e. The number of carbonyl (C=O) groups is 1. The van der Waals surface area contributed by atoms with Crippen molar-refractivity contribution in [1.82, 2.24) is 9.97 Å². The highest BCUT2D eigenvalue weighted by molar-refractivity contribution is 7.18. The highest BCUT2D eigenvalue weighted by Crippen LogP contribution is 2.35. The number of amides is 1. The Balaban J connectivity index is 2.05.